The second-order valence-electron chi connectivity index (χ2n) is 9.15. The number of carbonyl (C=O) groups is 1. The van der Waals surface area contributed by atoms with Gasteiger partial charge in [0.25, 0.3) is 0 Å². The Morgan fingerprint density at radius 3 is 2.38 bits per heavy atom. The van der Waals surface area contributed by atoms with Gasteiger partial charge in [0, 0.05) is 11.3 Å². The van der Waals surface area contributed by atoms with E-state index < -0.39 is 23.1 Å². The summed E-state index contributed by atoms with van der Waals surface area (Å²) in [6.07, 6.45) is 0.901. The summed E-state index contributed by atoms with van der Waals surface area (Å²) in [5, 5.41) is 15.3. The maximum atomic E-state index is 13.4. The third kappa shape index (κ3) is 6.21. The first-order valence-corrected chi connectivity index (χ1v) is 10.9. The highest BCUT2D eigenvalue weighted by Gasteiger charge is 2.26. The van der Waals surface area contributed by atoms with Gasteiger partial charge in [-0.1, -0.05) is 35.9 Å². The Balaban J connectivity index is 1.85. The van der Waals surface area contributed by atoms with E-state index in [0.29, 0.717) is 22.5 Å². The Labute approximate surface area is 203 Å². The Hall–Kier alpha value is -3.70. The molecule has 2 aromatic carbocycles. The molecule has 0 bridgehead atoms. The topological polar surface area (TPSA) is 99.9 Å². The normalized spacial score (nSPS) is 11.5. The van der Waals surface area contributed by atoms with Crippen LogP contribution in [0.4, 0.5) is 20.8 Å². The Bertz CT molecular complexity index is 1250. The van der Waals surface area contributed by atoms with Gasteiger partial charge in [0.05, 0.1) is 28.0 Å². The molecule has 0 saturated carbocycles. The van der Waals surface area contributed by atoms with Crippen LogP contribution in [0.3, 0.4) is 0 Å². The number of hydrogen-bond acceptors (Lipinski definition) is 6. The van der Waals surface area contributed by atoms with E-state index in [1.165, 1.54) is 24.4 Å². The summed E-state index contributed by atoms with van der Waals surface area (Å²) in [7, 11) is 0. The number of nitrogens with one attached hydrogen (secondary N) is 2. The molecule has 0 atom stereocenters. The minimum atomic E-state index is -0.695. The van der Waals surface area contributed by atoms with Crippen molar-refractivity contribution in [2.75, 3.05) is 5.32 Å². The van der Waals surface area contributed by atoms with Gasteiger partial charge >= 0.3 is 6.09 Å². The van der Waals surface area contributed by atoms with E-state index >= 15 is 0 Å². The summed E-state index contributed by atoms with van der Waals surface area (Å²) in [6.45, 7) is 9.14. The predicted molar refractivity (Wildman–Crippen MR) is 129 cm³/mol. The molecule has 1 amide bonds. The number of rotatable bonds is 5. The second kappa shape index (κ2) is 9.65. The molecular weight excluding hydrogens is 457 g/mol. The van der Waals surface area contributed by atoms with Gasteiger partial charge in [-0.05, 0) is 58.4 Å². The molecule has 176 valence electrons. The van der Waals surface area contributed by atoms with E-state index in [1.54, 1.807) is 20.8 Å². The molecule has 3 aromatic rings. The van der Waals surface area contributed by atoms with Crippen molar-refractivity contribution >= 4 is 29.3 Å². The average molecular weight is 482 g/mol. The zero-order valence-electron chi connectivity index (χ0n) is 19.5. The first kappa shape index (κ1) is 24.9. The number of amides is 1. The molecule has 34 heavy (non-hydrogen) atoms. The highest BCUT2D eigenvalue weighted by molar-refractivity contribution is 6.31. The van der Waals surface area contributed by atoms with E-state index in [9.17, 15) is 14.4 Å². The number of nitrogens with zero attached hydrogens (tertiary/aromatic N) is 3. The van der Waals surface area contributed by atoms with Crippen LogP contribution < -0.4 is 10.6 Å². The van der Waals surface area contributed by atoms with Crippen molar-refractivity contribution in [1.82, 2.24) is 15.3 Å². The molecule has 0 aliphatic heterocycles. The van der Waals surface area contributed by atoms with Crippen LogP contribution in [0.25, 0.3) is 11.3 Å². The van der Waals surface area contributed by atoms with Gasteiger partial charge in [0.2, 0.25) is 5.95 Å². The van der Waals surface area contributed by atoms with Gasteiger partial charge in [0.15, 0.2) is 0 Å². The van der Waals surface area contributed by atoms with Crippen LogP contribution in [0, 0.1) is 17.1 Å². The van der Waals surface area contributed by atoms with Crippen molar-refractivity contribution in [2.45, 2.75) is 45.8 Å². The minimum absolute atomic E-state index is 0.0305. The number of benzene rings is 2. The summed E-state index contributed by atoms with van der Waals surface area (Å²) < 4.78 is 18.8. The third-order valence-electron chi connectivity index (χ3n) is 4.78. The second-order valence-corrected chi connectivity index (χ2v) is 9.56. The molecule has 0 fully saturated rings. The lowest BCUT2D eigenvalue weighted by Gasteiger charge is -2.29. The number of hydrogen-bond donors (Lipinski definition) is 2. The van der Waals surface area contributed by atoms with E-state index in [0.717, 1.165) is 5.56 Å². The highest BCUT2D eigenvalue weighted by atomic mass is 35.5. The molecular formula is C25H25ClFN5O2. The molecule has 1 aromatic heterocycles. The standard InChI is InChI=1S/C25H25ClFN5O2/c1-24(2,3)34-23(33)32-25(4,5)17-8-6-15(7-9-17)21-16(13-28)14-29-22(31-21)30-18-10-11-20(27)19(26)12-18/h6-12,14H,1-5H3,(H,32,33)(H,29,30,31). The highest BCUT2D eigenvalue weighted by Crippen LogP contribution is 2.28. The third-order valence-corrected chi connectivity index (χ3v) is 5.07. The van der Waals surface area contributed by atoms with Crippen LogP contribution in [-0.2, 0) is 10.3 Å². The first-order chi connectivity index (χ1) is 15.9. The van der Waals surface area contributed by atoms with Crippen LogP contribution in [0.1, 0.15) is 45.7 Å². The number of carbonyl (C=O) groups excluding carboxylic acids is 1. The van der Waals surface area contributed by atoms with Gasteiger partial charge in [-0.15, -0.1) is 0 Å². The fraction of sp³-hybridized carbons (Fsp3) is 0.280. The molecule has 7 nitrogen and oxygen atoms in total. The largest absolute Gasteiger partial charge is 0.444 e. The maximum absolute atomic E-state index is 13.4. The van der Waals surface area contributed by atoms with Gasteiger partial charge < -0.3 is 15.4 Å². The van der Waals surface area contributed by atoms with Gasteiger partial charge in [-0.3, -0.25) is 0 Å². The molecule has 9 heteroatoms. The molecule has 2 N–H and O–H groups in total. The summed E-state index contributed by atoms with van der Waals surface area (Å²) in [4.78, 5) is 20.9. The number of anilines is 2. The molecule has 1 heterocycles. The quantitative estimate of drug-likeness (QED) is 0.442. The lowest BCUT2D eigenvalue weighted by Crippen LogP contribution is -2.43. The van der Waals surface area contributed by atoms with E-state index in [1.807, 2.05) is 38.1 Å². The van der Waals surface area contributed by atoms with Crippen LogP contribution in [0.5, 0.6) is 0 Å². The fourth-order valence-electron chi connectivity index (χ4n) is 3.12. The van der Waals surface area contributed by atoms with Crippen molar-refractivity contribution < 1.29 is 13.9 Å². The first-order valence-electron chi connectivity index (χ1n) is 10.5. The number of ether oxygens (including phenoxy) is 1. The van der Waals surface area contributed by atoms with Crippen molar-refractivity contribution in [1.29, 1.82) is 5.26 Å². The number of nitriles is 1. The van der Waals surface area contributed by atoms with Crippen LogP contribution in [0.15, 0.2) is 48.7 Å². The van der Waals surface area contributed by atoms with Crippen LogP contribution >= 0.6 is 11.6 Å². The summed E-state index contributed by atoms with van der Waals surface area (Å²) in [5.41, 5.74) is 1.46. The zero-order valence-corrected chi connectivity index (χ0v) is 20.3. The molecule has 0 aliphatic rings. The van der Waals surface area contributed by atoms with Crippen molar-refractivity contribution in [3.05, 3.63) is 70.6 Å². The van der Waals surface area contributed by atoms with Gasteiger partial charge in [-0.2, -0.15) is 5.26 Å². The summed E-state index contributed by atoms with van der Waals surface area (Å²) >= 11 is 5.84. The van der Waals surface area contributed by atoms with Crippen molar-refractivity contribution in [2.24, 2.45) is 0 Å². The smallest absolute Gasteiger partial charge is 0.408 e. The lowest BCUT2D eigenvalue weighted by molar-refractivity contribution is 0.0470. The molecule has 3 rings (SSSR count). The molecule has 0 saturated heterocycles. The van der Waals surface area contributed by atoms with Crippen molar-refractivity contribution in [3.8, 4) is 17.3 Å². The van der Waals surface area contributed by atoms with Gasteiger partial charge in [-0.25, -0.2) is 19.2 Å². The SMILES string of the molecule is CC(C)(C)OC(=O)NC(C)(C)c1ccc(-c2nc(Nc3ccc(F)c(Cl)c3)ncc2C#N)cc1. The molecule has 0 unspecified atom stereocenters. The van der Waals surface area contributed by atoms with Gasteiger partial charge in [0.1, 0.15) is 17.5 Å². The predicted octanol–water partition coefficient (Wildman–Crippen LogP) is 6.31. The number of halogens is 2. The van der Waals surface area contributed by atoms with E-state index in [2.05, 4.69) is 26.7 Å². The minimum Gasteiger partial charge on any atom is -0.444 e. The fourth-order valence-corrected chi connectivity index (χ4v) is 3.30. The summed E-state index contributed by atoms with van der Waals surface area (Å²) in [6, 6.07) is 13.6. The Morgan fingerprint density at radius 2 is 1.79 bits per heavy atom. The number of aromatic nitrogens is 2. The van der Waals surface area contributed by atoms with Crippen LogP contribution in [-0.4, -0.2) is 21.7 Å². The van der Waals surface area contributed by atoms with E-state index in [4.69, 9.17) is 16.3 Å². The maximum Gasteiger partial charge on any atom is 0.408 e. The summed E-state index contributed by atoms with van der Waals surface area (Å²) in [5.74, 6) is -0.300. The van der Waals surface area contributed by atoms with E-state index in [-0.39, 0.29) is 11.0 Å². The average Bonchev–Trinajstić information content (AvgIpc) is 2.74. The lowest BCUT2D eigenvalue weighted by atomic mass is 9.93. The Kier molecular flexibility index (Phi) is 7.08. The number of alkyl carbamates (subject to hydrolysis) is 1. The Morgan fingerprint density at radius 1 is 1.12 bits per heavy atom. The van der Waals surface area contributed by atoms with Crippen molar-refractivity contribution in [3.63, 3.8) is 0 Å². The zero-order chi connectivity index (χ0) is 25.1. The molecule has 0 spiro atoms. The molecule has 0 aliphatic carbocycles. The van der Waals surface area contributed by atoms with Crippen LogP contribution in [0.2, 0.25) is 5.02 Å². The monoisotopic (exact) mass is 481 g/mol. The molecule has 0 radical (unpaired) electrons.